The summed E-state index contributed by atoms with van der Waals surface area (Å²) in [6.07, 6.45) is 3.06. The van der Waals surface area contributed by atoms with E-state index < -0.39 is 0 Å². The molecule has 0 bridgehead atoms. The summed E-state index contributed by atoms with van der Waals surface area (Å²) in [5.41, 5.74) is 6.65. The van der Waals surface area contributed by atoms with Gasteiger partial charge in [0.25, 0.3) is 0 Å². The molecule has 2 N–H and O–H groups in total. The topological polar surface area (TPSA) is 56.0 Å². The van der Waals surface area contributed by atoms with Crippen molar-refractivity contribution >= 4 is 34.8 Å². The van der Waals surface area contributed by atoms with E-state index in [2.05, 4.69) is 4.98 Å². The quantitative estimate of drug-likeness (QED) is 0.689. The normalized spacial score (nSPS) is 10.3. The van der Waals surface area contributed by atoms with E-state index in [1.54, 1.807) is 18.3 Å². The van der Waals surface area contributed by atoms with Crippen LogP contribution in [0.1, 0.15) is 10.4 Å². The van der Waals surface area contributed by atoms with Gasteiger partial charge in [-0.15, -0.1) is 11.8 Å². The van der Waals surface area contributed by atoms with Gasteiger partial charge in [-0.1, -0.05) is 17.7 Å². The van der Waals surface area contributed by atoms with Gasteiger partial charge in [-0.3, -0.25) is 9.78 Å². The summed E-state index contributed by atoms with van der Waals surface area (Å²) < 4.78 is 0. The van der Waals surface area contributed by atoms with Crippen LogP contribution in [0.4, 0.5) is 5.69 Å². The van der Waals surface area contributed by atoms with E-state index >= 15 is 0 Å². The molecule has 0 radical (unpaired) electrons. The zero-order chi connectivity index (χ0) is 13.0. The number of carbonyl (C=O) groups excluding carboxylic acids is 1. The van der Waals surface area contributed by atoms with Crippen molar-refractivity contribution in [2.45, 2.75) is 4.90 Å². The predicted molar refractivity (Wildman–Crippen MR) is 75.2 cm³/mol. The third kappa shape index (κ3) is 3.24. The van der Waals surface area contributed by atoms with Gasteiger partial charge in [-0.05, 0) is 24.3 Å². The molecule has 1 heterocycles. The standard InChI is InChI=1S/C13H11ClN2OS/c14-9-2-1-3-10(6-9)18-8-13(17)11-7-16-5-4-12(11)15/h1-7H,8H2,(H2,15,16). The Bertz CT molecular complexity index is 574. The number of nitrogen functional groups attached to an aromatic ring is 1. The van der Waals surface area contributed by atoms with E-state index in [0.717, 1.165) is 4.90 Å². The number of benzene rings is 1. The first-order valence-electron chi connectivity index (χ1n) is 5.28. The van der Waals surface area contributed by atoms with Crippen LogP contribution in [-0.2, 0) is 0 Å². The number of anilines is 1. The molecule has 18 heavy (non-hydrogen) atoms. The van der Waals surface area contributed by atoms with E-state index in [1.807, 2.05) is 18.2 Å². The molecule has 2 rings (SSSR count). The molecule has 5 heteroatoms. The number of aromatic nitrogens is 1. The second-order valence-corrected chi connectivity index (χ2v) is 5.12. The van der Waals surface area contributed by atoms with E-state index in [1.165, 1.54) is 18.0 Å². The molecule has 0 aliphatic heterocycles. The van der Waals surface area contributed by atoms with Crippen molar-refractivity contribution in [3.63, 3.8) is 0 Å². The highest BCUT2D eigenvalue weighted by atomic mass is 35.5. The minimum absolute atomic E-state index is 0.0365. The van der Waals surface area contributed by atoms with E-state index in [4.69, 9.17) is 17.3 Å². The molecule has 0 fully saturated rings. The first kappa shape index (κ1) is 12.9. The number of nitrogens with two attached hydrogens (primary N) is 1. The number of ketones is 1. The molecule has 1 aromatic carbocycles. The molecule has 3 nitrogen and oxygen atoms in total. The van der Waals surface area contributed by atoms with Gasteiger partial charge in [0, 0.05) is 28.0 Å². The minimum atomic E-state index is -0.0365. The Kier molecular flexibility index (Phi) is 4.23. The molecule has 0 atom stereocenters. The Morgan fingerprint density at radius 2 is 2.22 bits per heavy atom. The maximum atomic E-state index is 11.9. The fourth-order valence-corrected chi connectivity index (χ4v) is 2.51. The Morgan fingerprint density at radius 3 is 2.94 bits per heavy atom. The van der Waals surface area contributed by atoms with Crippen LogP contribution in [0, 0.1) is 0 Å². The maximum absolute atomic E-state index is 11.9. The Labute approximate surface area is 114 Å². The summed E-state index contributed by atoms with van der Waals surface area (Å²) in [5.74, 6) is 0.279. The van der Waals surface area contributed by atoms with E-state index in [0.29, 0.717) is 22.0 Å². The van der Waals surface area contributed by atoms with Gasteiger partial charge in [0.1, 0.15) is 0 Å². The van der Waals surface area contributed by atoms with Crippen LogP contribution in [0.25, 0.3) is 0 Å². The highest BCUT2D eigenvalue weighted by Crippen LogP contribution is 2.23. The smallest absolute Gasteiger partial charge is 0.176 e. The summed E-state index contributed by atoms with van der Waals surface area (Å²) in [5, 5.41) is 0.661. The maximum Gasteiger partial charge on any atom is 0.176 e. The van der Waals surface area contributed by atoms with Crippen molar-refractivity contribution in [3.8, 4) is 0 Å². The number of pyridine rings is 1. The monoisotopic (exact) mass is 278 g/mol. The van der Waals surface area contributed by atoms with Crippen molar-refractivity contribution in [1.82, 2.24) is 4.98 Å². The van der Waals surface area contributed by atoms with Crippen molar-refractivity contribution in [2.75, 3.05) is 11.5 Å². The molecule has 2 aromatic rings. The fourth-order valence-electron chi connectivity index (χ4n) is 1.42. The molecule has 0 aliphatic carbocycles. The van der Waals surface area contributed by atoms with E-state index in [-0.39, 0.29) is 5.78 Å². The van der Waals surface area contributed by atoms with Crippen molar-refractivity contribution in [1.29, 1.82) is 0 Å². The molecule has 0 aliphatic rings. The van der Waals surface area contributed by atoms with Gasteiger partial charge >= 0.3 is 0 Å². The lowest BCUT2D eigenvalue weighted by molar-refractivity contribution is 0.102. The lowest BCUT2D eigenvalue weighted by atomic mass is 10.2. The molecule has 0 unspecified atom stereocenters. The molecule has 0 spiro atoms. The Morgan fingerprint density at radius 1 is 1.39 bits per heavy atom. The summed E-state index contributed by atoms with van der Waals surface area (Å²) in [7, 11) is 0. The first-order valence-corrected chi connectivity index (χ1v) is 6.64. The number of Topliss-reactive ketones (excluding diaryl/α,β-unsaturated/α-hetero) is 1. The second kappa shape index (κ2) is 5.89. The third-order valence-electron chi connectivity index (χ3n) is 2.32. The zero-order valence-corrected chi connectivity index (χ0v) is 11.0. The lowest BCUT2D eigenvalue weighted by Gasteiger charge is -2.04. The van der Waals surface area contributed by atoms with Gasteiger partial charge in [0.15, 0.2) is 5.78 Å². The lowest BCUT2D eigenvalue weighted by Crippen LogP contribution is -2.06. The van der Waals surface area contributed by atoms with Crippen LogP contribution in [0.15, 0.2) is 47.6 Å². The number of carbonyl (C=O) groups is 1. The number of hydrogen-bond donors (Lipinski definition) is 1. The van der Waals surface area contributed by atoms with Crippen LogP contribution < -0.4 is 5.73 Å². The van der Waals surface area contributed by atoms with Gasteiger partial charge in [-0.25, -0.2) is 0 Å². The van der Waals surface area contributed by atoms with Crippen LogP contribution in [-0.4, -0.2) is 16.5 Å². The largest absolute Gasteiger partial charge is 0.398 e. The molecule has 1 aromatic heterocycles. The van der Waals surface area contributed by atoms with E-state index in [9.17, 15) is 4.79 Å². The number of nitrogens with zero attached hydrogens (tertiary/aromatic N) is 1. The number of rotatable bonds is 4. The molecule has 0 saturated heterocycles. The van der Waals surface area contributed by atoms with Crippen molar-refractivity contribution < 1.29 is 4.79 Å². The predicted octanol–water partition coefficient (Wildman–Crippen LogP) is 3.29. The van der Waals surface area contributed by atoms with Crippen LogP contribution in [0.5, 0.6) is 0 Å². The van der Waals surface area contributed by atoms with Gasteiger partial charge < -0.3 is 5.73 Å². The fraction of sp³-hybridized carbons (Fsp3) is 0.0769. The van der Waals surface area contributed by atoms with Crippen molar-refractivity contribution in [2.24, 2.45) is 0 Å². The Balaban J connectivity index is 2.03. The number of thioether (sulfide) groups is 1. The summed E-state index contributed by atoms with van der Waals surface area (Å²) >= 11 is 7.30. The minimum Gasteiger partial charge on any atom is -0.398 e. The van der Waals surface area contributed by atoms with Gasteiger partial charge in [0.2, 0.25) is 0 Å². The van der Waals surface area contributed by atoms with Crippen LogP contribution in [0.3, 0.4) is 0 Å². The first-order chi connectivity index (χ1) is 8.66. The summed E-state index contributed by atoms with van der Waals surface area (Å²) in [6.45, 7) is 0. The number of hydrogen-bond acceptors (Lipinski definition) is 4. The molecule has 92 valence electrons. The summed E-state index contributed by atoms with van der Waals surface area (Å²) in [6, 6.07) is 9.01. The summed E-state index contributed by atoms with van der Waals surface area (Å²) in [4.78, 5) is 16.8. The molecule has 0 amide bonds. The third-order valence-corrected chi connectivity index (χ3v) is 3.55. The highest BCUT2D eigenvalue weighted by Gasteiger charge is 2.10. The SMILES string of the molecule is Nc1ccncc1C(=O)CSc1cccc(Cl)c1. The van der Waals surface area contributed by atoms with Gasteiger partial charge in [0.05, 0.1) is 11.3 Å². The Hall–Kier alpha value is -1.52. The molecular weight excluding hydrogens is 268 g/mol. The van der Waals surface area contributed by atoms with Crippen molar-refractivity contribution in [3.05, 3.63) is 53.3 Å². The van der Waals surface area contributed by atoms with Gasteiger partial charge in [-0.2, -0.15) is 0 Å². The molecule has 0 saturated carbocycles. The highest BCUT2D eigenvalue weighted by molar-refractivity contribution is 8.00. The van der Waals surface area contributed by atoms with Crippen LogP contribution >= 0.6 is 23.4 Å². The average Bonchev–Trinajstić information content (AvgIpc) is 2.37. The molecular formula is C13H11ClN2OS. The number of halogens is 1. The average molecular weight is 279 g/mol. The van der Waals surface area contributed by atoms with Crippen LogP contribution in [0.2, 0.25) is 5.02 Å². The zero-order valence-electron chi connectivity index (χ0n) is 9.47. The second-order valence-electron chi connectivity index (χ2n) is 3.63.